The SMILES string of the molecule is CCn1cc(CNC(=S)N(C)Cc2c(Cl)cnn2C)cn1. The Morgan fingerprint density at radius 1 is 1.43 bits per heavy atom. The molecule has 0 unspecified atom stereocenters. The van der Waals surface area contributed by atoms with Crippen LogP contribution in [-0.4, -0.2) is 36.6 Å². The Balaban J connectivity index is 1.88. The highest BCUT2D eigenvalue weighted by Gasteiger charge is 2.11. The third-order valence-corrected chi connectivity index (χ3v) is 3.97. The van der Waals surface area contributed by atoms with Crippen molar-refractivity contribution in [3.63, 3.8) is 0 Å². The van der Waals surface area contributed by atoms with Gasteiger partial charge < -0.3 is 10.2 Å². The number of hydrogen-bond donors (Lipinski definition) is 1. The van der Waals surface area contributed by atoms with Gasteiger partial charge in [-0.25, -0.2) is 0 Å². The molecule has 2 aromatic heterocycles. The van der Waals surface area contributed by atoms with Crippen LogP contribution in [0, 0.1) is 0 Å². The molecular weight excluding hydrogens is 308 g/mol. The molecule has 114 valence electrons. The van der Waals surface area contributed by atoms with E-state index in [0.717, 1.165) is 17.8 Å². The van der Waals surface area contributed by atoms with Crippen LogP contribution in [0.15, 0.2) is 18.6 Å². The van der Waals surface area contributed by atoms with Gasteiger partial charge in [0.2, 0.25) is 0 Å². The maximum atomic E-state index is 6.10. The molecule has 0 aliphatic heterocycles. The van der Waals surface area contributed by atoms with Crippen molar-refractivity contribution in [1.82, 2.24) is 29.8 Å². The van der Waals surface area contributed by atoms with E-state index >= 15 is 0 Å². The highest BCUT2D eigenvalue weighted by atomic mass is 35.5. The first-order valence-corrected chi connectivity index (χ1v) is 7.46. The first-order valence-electron chi connectivity index (χ1n) is 6.68. The summed E-state index contributed by atoms with van der Waals surface area (Å²) in [5.74, 6) is 0. The van der Waals surface area contributed by atoms with Crippen LogP contribution in [0.2, 0.25) is 5.02 Å². The van der Waals surface area contributed by atoms with Gasteiger partial charge in [-0.05, 0) is 19.1 Å². The van der Waals surface area contributed by atoms with Crippen LogP contribution < -0.4 is 5.32 Å². The van der Waals surface area contributed by atoms with E-state index in [1.165, 1.54) is 0 Å². The minimum atomic E-state index is 0.607. The van der Waals surface area contributed by atoms with Crippen LogP contribution in [0.1, 0.15) is 18.2 Å². The van der Waals surface area contributed by atoms with Gasteiger partial charge in [-0.1, -0.05) is 11.6 Å². The van der Waals surface area contributed by atoms with Crippen LogP contribution in [0.25, 0.3) is 0 Å². The fraction of sp³-hybridized carbons (Fsp3) is 0.462. The maximum absolute atomic E-state index is 6.10. The molecule has 0 bridgehead atoms. The summed E-state index contributed by atoms with van der Waals surface area (Å²) in [4.78, 5) is 1.93. The first kappa shape index (κ1) is 15.8. The third-order valence-electron chi connectivity index (χ3n) is 3.20. The molecule has 0 spiro atoms. The van der Waals surface area contributed by atoms with Crippen LogP contribution >= 0.6 is 23.8 Å². The predicted molar refractivity (Wildman–Crippen MR) is 87.0 cm³/mol. The van der Waals surface area contributed by atoms with Crippen molar-refractivity contribution in [1.29, 1.82) is 0 Å². The van der Waals surface area contributed by atoms with E-state index in [1.54, 1.807) is 10.9 Å². The number of aryl methyl sites for hydroxylation is 2. The number of nitrogens with zero attached hydrogens (tertiary/aromatic N) is 5. The number of aromatic nitrogens is 4. The highest BCUT2D eigenvalue weighted by Crippen LogP contribution is 2.15. The standard InChI is InChI=1S/C13H19ClN6S/c1-4-20-8-10(6-17-20)5-15-13(21)18(2)9-12-11(14)7-16-19(12)3/h6-8H,4-5,9H2,1-3H3,(H,15,21). The summed E-state index contributed by atoms with van der Waals surface area (Å²) < 4.78 is 3.64. The van der Waals surface area contributed by atoms with E-state index in [2.05, 4.69) is 22.4 Å². The molecule has 0 aliphatic carbocycles. The number of nitrogens with one attached hydrogen (secondary N) is 1. The molecule has 0 amide bonds. The molecule has 0 radical (unpaired) electrons. The normalized spacial score (nSPS) is 10.7. The topological polar surface area (TPSA) is 50.9 Å². The lowest BCUT2D eigenvalue weighted by molar-refractivity contribution is 0.466. The first-order chi connectivity index (χ1) is 10.0. The van der Waals surface area contributed by atoms with Gasteiger partial charge >= 0.3 is 0 Å². The fourth-order valence-electron chi connectivity index (χ4n) is 1.89. The van der Waals surface area contributed by atoms with Gasteiger partial charge in [0.25, 0.3) is 0 Å². The molecule has 8 heteroatoms. The molecule has 0 saturated carbocycles. The second-order valence-corrected chi connectivity index (χ2v) is 5.58. The Hall–Kier alpha value is -1.60. The molecule has 1 N–H and O–H groups in total. The molecule has 6 nitrogen and oxygen atoms in total. The summed E-state index contributed by atoms with van der Waals surface area (Å²) >= 11 is 11.5. The van der Waals surface area contributed by atoms with E-state index < -0.39 is 0 Å². The zero-order valence-corrected chi connectivity index (χ0v) is 13.9. The Morgan fingerprint density at radius 2 is 2.19 bits per heavy atom. The number of hydrogen-bond acceptors (Lipinski definition) is 3. The van der Waals surface area contributed by atoms with Gasteiger partial charge in [-0.2, -0.15) is 10.2 Å². The second-order valence-electron chi connectivity index (χ2n) is 4.78. The van der Waals surface area contributed by atoms with E-state index in [1.807, 2.05) is 36.1 Å². The van der Waals surface area contributed by atoms with Gasteiger partial charge in [-0.15, -0.1) is 0 Å². The molecule has 0 atom stereocenters. The van der Waals surface area contributed by atoms with E-state index in [0.29, 0.717) is 23.2 Å². The van der Waals surface area contributed by atoms with Crippen molar-refractivity contribution in [3.05, 3.63) is 34.9 Å². The average molecular weight is 327 g/mol. The molecule has 2 heterocycles. The Morgan fingerprint density at radius 3 is 2.76 bits per heavy atom. The summed E-state index contributed by atoms with van der Waals surface area (Å²) in [5, 5.41) is 12.9. The minimum Gasteiger partial charge on any atom is -0.358 e. The largest absolute Gasteiger partial charge is 0.358 e. The number of rotatable bonds is 5. The fourth-order valence-corrected chi connectivity index (χ4v) is 2.26. The summed E-state index contributed by atoms with van der Waals surface area (Å²) in [6, 6.07) is 0. The Kier molecular flexibility index (Phi) is 5.19. The van der Waals surface area contributed by atoms with Crippen LogP contribution in [0.5, 0.6) is 0 Å². The van der Waals surface area contributed by atoms with Crippen molar-refractivity contribution < 1.29 is 0 Å². The van der Waals surface area contributed by atoms with Crippen LogP contribution in [-0.2, 0) is 26.7 Å². The smallest absolute Gasteiger partial charge is 0.169 e. The van der Waals surface area contributed by atoms with E-state index in [9.17, 15) is 0 Å². The number of halogens is 1. The van der Waals surface area contributed by atoms with Crippen molar-refractivity contribution >= 4 is 28.9 Å². The second kappa shape index (κ2) is 6.91. The lowest BCUT2D eigenvalue weighted by Crippen LogP contribution is -2.36. The quantitative estimate of drug-likeness (QED) is 0.849. The lowest BCUT2D eigenvalue weighted by atomic mass is 10.3. The Labute approximate surface area is 134 Å². The third kappa shape index (κ3) is 3.95. The average Bonchev–Trinajstić information content (AvgIpc) is 3.06. The molecule has 0 saturated heterocycles. The van der Waals surface area contributed by atoms with Gasteiger partial charge in [0.15, 0.2) is 5.11 Å². The molecule has 2 aromatic rings. The lowest BCUT2D eigenvalue weighted by Gasteiger charge is -2.21. The van der Waals surface area contributed by atoms with Crippen LogP contribution in [0.4, 0.5) is 0 Å². The molecule has 0 aromatic carbocycles. The van der Waals surface area contributed by atoms with E-state index in [-0.39, 0.29) is 0 Å². The molecule has 0 aliphatic rings. The van der Waals surface area contributed by atoms with Gasteiger partial charge in [0, 0.05) is 38.9 Å². The van der Waals surface area contributed by atoms with Crippen LogP contribution in [0.3, 0.4) is 0 Å². The van der Waals surface area contributed by atoms with Gasteiger partial charge in [0.05, 0.1) is 29.7 Å². The predicted octanol–water partition coefficient (Wildman–Crippen LogP) is 1.80. The van der Waals surface area contributed by atoms with Crippen molar-refractivity contribution in [2.75, 3.05) is 7.05 Å². The molecule has 0 fully saturated rings. The van der Waals surface area contributed by atoms with Crippen molar-refractivity contribution in [3.8, 4) is 0 Å². The molecule has 21 heavy (non-hydrogen) atoms. The van der Waals surface area contributed by atoms with Crippen molar-refractivity contribution in [2.24, 2.45) is 7.05 Å². The van der Waals surface area contributed by atoms with Crippen molar-refractivity contribution in [2.45, 2.75) is 26.6 Å². The Bertz CT molecular complexity index is 600. The zero-order valence-electron chi connectivity index (χ0n) is 12.4. The zero-order chi connectivity index (χ0) is 15.4. The van der Waals surface area contributed by atoms with Gasteiger partial charge in [0.1, 0.15) is 0 Å². The highest BCUT2D eigenvalue weighted by molar-refractivity contribution is 7.80. The maximum Gasteiger partial charge on any atom is 0.169 e. The summed E-state index contributed by atoms with van der Waals surface area (Å²) in [7, 11) is 3.79. The summed E-state index contributed by atoms with van der Waals surface area (Å²) in [5.41, 5.74) is 2.04. The monoisotopic (exact) mass is 326 g/mol. The van der Waals surface area contributed by atoms with Gasteiger partial charge in [-0.3, -0.25) is 9.36 Å². The summed E-state index contributed by atoms with van der Waals surface area (Å²) in [6.07, 6.45) is 5.49. The minimum absolute atomic E-state index is 0.607. The molecular formula is C13H19ClN6S. The van der Waals surface area contributed by atoms with E-state index in [4.69, 9.17) is 23.8 Å². The number of thiocarbonyl (C=S) groups is 1. The summed E-state index contributed by atoms with van der Waals surface area (Å²) in [6.45, 7) is 4.18. The molecule has 2 rings (SSSR count).